The SMILES string of the molecule is CCC(CC)C(Cl)CNC(=O)C1COc2ccccc21. The molecule has 3 nitrogen and oxygen atoms in total. The number of nitrogens with one attached hydrogen (secondary N) is 1. The molecular weight excluding hydrogens is 274 g/mol. The lowest BCUT2D eigenvalue weighted by atomic mass is 9.98. The van der Waals surface area contributed by atoms with Gasteiger partial charge in [-0.25, -0.2) is 0 Å². The van der Waals surface area contributed by atoms with Crippen LogP contribution in [0.2, 0.25) is 0 Å². The van der Waals surface area contributed by atoms with Crippen LogP contribution in [0.1, 0.15) is 38.2 Å². The summed E-state index contributed by atoms with van der Waals surface area (Å²) >= 11 is 6.35. The average Bonchev–Trinajstić information content (AvgIpc) is 2.90. The van der Waals surface area contributed by atoms with Crippen LogP contribution in [0.25, 0.3) is 0 Å². The maximum absolute atomic E-state index is 12.3. The molecule has 1 aromatic rings. The number of hydrogen-bond acceptors (Lipinski definition) is 2. The molecule has 1 heterocycles. The highest BCUT2D eigenvalue weighted by Gasteiger charge is 2.30. The molecule has 110 valence electrons. The quantitative estimate of drug-likeness (QED) is 0.818. The minimum absolute atomic E-state index is 0.00607. The molecule has 1 N–H and O–H groups in total. The zero-order valence-corrected chi connectivity index (χ0v) is 12.8. The van der Waals surface area contributed by atoms with E-state index in [-0.39, 0.29) is 17.2 Å². The van der Waals surface area contributed by atoms with Gasteiger partial charge in [0.2, 0.25) is 5.91 Å². The first-order chi connectivity index (χ1) is 9.67. The Labute approximate surface area is 125 Å². The van der Waals surface area contributed by atoms with Gasteiger partial charge in [-0.3, -0.25) is 4.79 Å². The normalized spacial score (nSPS) is 18.5. The predicted octanol–water partition coefficient (Wildman–Crippen LogP) is 3.32. The Bertz CT molecular complexity index is 460. The Morgan fingerprint density at radius 3 is 2.80 bits per heavy atom. The predicted molar refractivity (Wildman–Crippen MR) is 81.4 cm³/mol. The minimum Gasteiger partial charge on any atom is -0.492 e. The fraction of sp³-hybridized carbons (Fsp3) is 0.562. The molecule has 1 aromatic carbocycles. The zero-order valence-electron chi connectivity index (χ0n) is 12.1. The van der Waals surface area contributed by atoms with E-state index in [0.717, 1.165) is 24.2 Å². The highest BCUT2D eigenvalue weighted by molar-refractivity contribution is 6.21. The Hall–Kier alpha value is -1.22. The van der Waals surface area contributed by atoms with Crippen LogP contribution in [-0.4, -0.2) is 24.4 Å². The molecule has 4 heteroatoms. The lowest BCUT2D eigenvalue weighted by Crippen LogP contribution is -2.36. The first-order valence-corrected chi connectivity index (χ1v) is 7.74. The number of carbonyl (C=O) groups is 1. The molecular formula is C16H22ClNO2. The van der Waals surface area contributed by atoms with E-state index in [0.29, 0.717) is 19.1 Å². The fourth-order valence-corrected chi connectivity index (χ4v) is 3.10. The summed E-state index contributed by atoms with van der Waals surface area (Å²) in [6, 6.07) is 7.70. The summed E-state index contributed by atoms with van der Waals surface area (Å²) in [7, 11) is 0. The summed E-state index contributed by atoms with van der Waals surface area (Å²) in [5.41, 5.74) is 0.971. The number of benzene rings is 1. The highest BCUT2D eigenvalue weighted by atomic mass is 35.5. The molecule has 1 aliphatic heterocycles. The number of rotatable bonds is 6. The molecule has 0 spiro atoms. The fourth-order valence-electron chi connectivity index (χ4n) is 2.67. The Morgan fingerprint density at radius 1 is 1.40 bits per heavy atom. The summed E-state index contributed by atoms with van der Waals surface area (Å²) < 4.78 is 5.53. The second-order valence-corrected chi connectivity index (χ2v) is 5.80. The van der Waals surface area contributed by atoms with Crippen LogP contribution in [0, 0.1) is 5.92 Å². The molecule has 0 fully saturated rings. The van der Waals surface area contributed by atoms with Crippen LogP contribution in [-0.2, 0) is 4.79 Å². The van der Waals surface area contributed by atoms with Gasteiger partial charge in [-0.1, -0.05) is 44.9 Å². The standard InChI is InChI=1S/C16H22ClNO2/c1-3-11(4-2)14(17)9-18-16(19)13-10-20-15-8-6-5-7-12(13)15/h5-8,11,13-14H,3-4,9-10H2,1-2H3,(H,18,19). The van der Waals surface area contributed by atoms with Gasteiger partial charge < -0.3 is 10.1 Å². The van der Waals surface area contributed by atoms with Gasteiger partial charge in [0.25, 0.3) is 0 Å². The van der Waals surface area contributed by atoms with E-state index < -0.39 is 0 Å². The van der Waals surface area contributed by atoms with Gasteiger partial charge in [0, 0.05) is 12.1 Å². The summed E-state index contributed by atoms with van der Waals surface area (Å²) in [6.45, 7) is 5.20. The second-order valence-electron chi connectivity index (χ2n) is 5.24. The van der Waals surface area contributed by atoms with E-state index in [4.69, 9.17) is 16.3 Å². The number of carbonyl (C=O) groups excluding carboxylic acids is 1. The van der Waals surface area contributed by atoms with Crippen LogP contribution < -0.4 is 10.1 Å². The van der Waals surface area contributed by atoms with Gasteiger partial charge in [0.1, 0.15) is 18.3 Å². The van der Waals surface area contributed by atoms with Crippen molar-refractivity contribution < 1.29 is 9.53 Å². The second kappa shape index (κ2) is 6.98. The number of amides is 1. The van der Waals surface area contributed by atoms with E-state index in [2.05, 4.69) is 19.2 Å². The van der Waals surface area contributed by atoms with Crippen molar-refractivity contribution in [3.8, 4) is 5.75 Å². The largest absolute Gasteiger partial charge is 0.492 e. The zero-order chi connectivity index (χ0) is 14.5. The molecule has 2 unspecified atom stereocenters. The molecule has 0 saturated carbocycles. The highest BCUT2D eigenvalue weighted by Crippen LogP contribution is 2.33. The van der Waals surface area contributed by atoms with Crippen molar-refractivity contribution >= 4 is 17.5 Å². The lowest BCUT2D eigenvalue weighted by molar-refractivity contribution is -0.122. The molecule has 0 aliphatic carbocycles. The topological polar surface area (TPSA) is 38.3 Å². The molecule has 20 heavy (non-hydrogen) atoms. The molecule has 0 radical (unpaired) electrons. The Balaban J connectivity index is 1.91. The van der Waals surface area contributed by atoms with Crippen LogP contribution in [0.4, 0.5) is 0 Å². The van der Waals surface area contributed by atoms with Crippen molar-refractivity contribution in [1.29, 1.82) is 0 Å². The van der Waals surface area contributed by atoms with E-state index in [9.17, 15) is 4.79 Å². The molecule has 1 aliphatic rings. The van der Waals surface area contributed by atoms with E-state index >= 15 is 0 Å². The number of fused-ring (bicyclic) bond motifs is 1. The van der Waals surface area contributed by atoms with Crippen molar-refractivity contribution in [3.63, 3.8) is 0 Å². The van der Waals surface area contributed by atoms with Gasteiger partial charge >= 0.3 is 0 Å². The first-order valence-electron chi connectivity index (χ1n) is 7.30. The van der Waals surface area contributed by atoms with Crippen molar-refractivity contribution in [2.24, 2.45) is 5.92 Å². The third-order valence-electron chi connectivity index (χ3n) is 4.05. The third kappa shape index (κ3) is 3.26. The summed E-state index contributed by atoms with van der Waals surface area (Å²) in [5.74, 6) is 1.06. The minimum atomic E-state index is -0.211. The summed E-state index contributed by atoms with van der Waals surface area (Å²) in [5, 5.41) is 2.96. The van der Waals surface area contributed by atoms with Crippen molar-refractivity contribution in [2.45, 2.75) is 38.0 Å². The number of alkyl halides is 1. The van der Waals surface area contributed by atoms with Gasteiger partial charge in [0.15, 0.2) is 0 Å². The van der Waals surface area contributed by atoms with E-state index in [1.807, 2.05) is 24.3 Å². The number of hydrogen-bond donors (Lipinski definition) is 1. The van der Waals surface area contributed by atoms with Gasteiger partial charge in [-0.05, 0) is 12.0 Å². The molecule has 2 atom stereocenters. The maximum atomic E-state index is 12.3. The third-order valence-corrected chi connectivity index (χ3v) is 4.56. The van der Waals surface area contributed by atoms with Crippen LogP contribution in [0.5, 0.6) is 5.75 Å². The smallest absolute Gasteiger partial charge is 0.231 e. The van der Waals surface area contributed by atoms with Crippen molar-refractivity contribution in [2.75, 3.05) is 13.2 Å². The van der Waals surface area contributed by atoms with Crippen LogP contribution >= 0.6 is 11.6 Å². The van der Waals surface area contributed by atoms with Crippen LogP contribution in [0.15, 0.2) is 24.3 Å². The maximum Gasteiger partial charge on any atom is 0.231 e. The lowest BCUT2D eigenvalue weighted by Gasteiger charge is -2.20. The van der Waals surface area contributed by atoms with E-state index in [1.54, 1.807) is 0 Å². The average molecular weight is 296 g/mol. The van der Waals surface area contributed by atoms with Crippen LogP contribution in [0.3, 0.4) is 0 Å². The molecule has 0 saturated heterocycles. The first kappa shape index (κ1) is 15.2. The Kier molecular flexibility index (Phi) is 5.30. The molecule has 2 rings (SSSR count). The number of ether oxygens (including phenoxy) is 1. The van der Waals surface area contributed by atoms with Crippen molar-refractivity contribution in [1.82, 2.24) is 5.32 Å². The monoisotopic (exact) mass is 295 g/mol. The molecule has 0 aromatic heterocycles. The summed E-state index contributed by atoms with van der Waals surface area (Å²) in [4.78, 5) is 12.3. The van der Waals surface area contributed by atoms with Gasteiger partial charge in [-0.2, -0.15) is 0 Å². The summed E-state index contributed by atoms with van der Waals surface area (Å²) in [6.07, 6.45) is 2.08. The number of halogens is 1. The Morgan fingerprint density at radius 2 is 2.10 bits per heavy atom. The molecule has 1 amide bonds. The van der Waals surface area contributed by atoms with Gasteiger partial charge in [0.05, 0.1) is 5.38 Å². The number of para-hydroxylation sites is 1. The molecule has 0 bridgehead atoms. The van der Waals surface area contributed by atoms with Crippen molar-refractivity contribution in [3.05, 3.63) is 29.8 Å². The van der Waals surface area contributed by atoms with Gasteiger partial charge in [-0.15, -0.1) is 11.6 Å². The van der Waals surface area contributed by atoms with E-state index in [1.165, 1.54) is 0 Å².